The fourth-order valence-corrected chi connectivity index (χ4v) is 3.95. The van der Waals surface area contributed by atoms with Crippen LogP contribution in [-0.4, -0.2) is 41.0 Å². The zero-order chi connectivity index (χ0) is 16.2. The molecule has 3 N–H and O–H groups in total. The van der Waals surface area contributed by atoms with E-state index in [4.69, 9.17) is 11.6 Å². The van der Waals surface area contributed by atoms with Crippen LogP contribution in [0.15, 0.2) is 0 Å². The molecule has 1 saturated heterocycles. The van der Waals surface area contributed by atoms with Crippen molar-refractivity contribution in [3.05, 3.63) is 0 Å². The van der Waals surface area contributed by atoms with E-state index in [1.165, 1.54) is 12.8 Å². The summed E-state index contributed by atoms with van der Waals surface area (Å²) in [5, 5.41) is 3.06. The standard InChI is InChI=1S/C16H25ClN4O2/c1-9-12(17)18-13(14(22)21(9)8-10-2-3-10)19-20-15(23)16(6-7-16)11-4-5-11/h9-13,18-19H,2-8H2,1H3,(H,20,23). The number of carbonyl (C=O) groups is 2. The Morgan fingerprint density at radius 3 is 2.61 bits per heavy atom. The van der Waals surface area contributed by atoms with Gasteiger partial charge in [0.25, 0.3) is 5.91 Å². The zero-order valence-electron chi connectivity index (χ0n) is 13.5. The fourth-order valence-electron chi connectivity index (χ4n) is 3.69. The molecule has 0 bridgehead atoms. The van der Waals surface area contributed by atoms with Crippen molar-refractivity contribution in [3.8, 4) is 0 Å². The van der Waals surface area contributed by atoms with E-state index in [-0.39, 0.29) is 28.8 Å². The van der Waals surface area contributed by atoms with E-state index in [2.05, 4.69) is 16.2 Å². The summed E-state index contributed by atoms with van der Waals surface area (Å²) in [6.07, 6.45) is 5.99. The van der Waals surface area contributed by atoms with Crippen LogP contribution in [0.25, 0.3) is 0 Å². The lowest BCUT2D eigenvalue weighted by atomic mass is 10.0. The van der Waals surface area contributed by atoms with Gasteiger partial charge in [-0.05, 0) is 57.3 Å². The Morgan fingerprint density at radius 2 is 2.04 bits per heavy atom. The molecule has 4 rings (SSSR count). The average molecular weight is 341 g/mol. The summed E-state index contributed by atoms with van der Waals surface area (Å²) in [7, 11) is 0. The molecule has 4 fully saturated rings. The second-order valence-electron chi connectivity index (χ2n) is 7.70. The molecule has 0 aromatic rings. The number of nitrogens with zero attached hydrogens (tertiary/aromatic N) is 1. The summed E-state index contributed by atoms with van der Waals surface area (Å²) < 4.78 is 0. The predicted molar refractivity (Wildman–Crippen MR) is 86.1 cm³/mol. The van der Waals surface area contributed by atoms with Gasteiger partial charge in [0.05, 0.1) is 11.5 Å². The lowest BCUT2D eigenvalue weighted by molar-refractivity contribution is -0.141. The van der Waals surface area contributed by atoms with Gasteiger partial charge in [-0.2, -0.15) is 0 Å². The largest absolute Gasteiger partial charge is 0.334 e. The van der Waals surface area contributed by atoms with Gasteiger partial charge >= 0.3 is 0 Å². The van der Waals surface area contributed by atoms with Crippen molar-refractivity contribution in [1.29, 1.82) is 0 Å². The summed E-state index contributed by atoms with van der Waals surface area (Å²) in [4.78, 5) is 26.9. The van der Waals surface area contributed by atoms with Crippen LogP contribution in [-0.2, 0) is 9.59 Å². The highest BCUT2D eigenvalue weighted by Gasteiger charge is 2.59. The van der Waals surface area contributed by atoms with Gasteiger partial charge in [-0.15, -0.1) is 11.6 Å². The van der Waals surface area contributed by atoms with Gasteiger partial charge in [0.1, 0.15) is 5.50 Å². The van der Waals surface area contributed by atoms with E-state index < -0.39 is 6.17 Å². The molecule has 1 heterocycles. The van der Waals surface area contributed by atoms with Gasteiger partial charge in [-0.25, -0.2) is 5.43 Å². The third kappa shape index (κ3) is 2.96. The predicted octanol–water partition coefficient (Wildman–Crippen LogP) is 0.919. The van der Waals surface area contributed by atoms with E-state index in [9.17, 15) is 9.59 Å². The van der Waals surface area contributed by atoms with Crippen molar-refractivity contribution in [3.63, 3.8) is 0 Å². The van der Waals surface area contributed by atoms with Crippen LogP contribution in [0.5, 0.6) is 0 Å². The van der Waals surface area contributed by atoms with Gasteiger partial charge in [0, 0.05) is 6.54 Å². The van der Waals surface area contributed by atoms with Gasteiger partial charge in [0.15, 0.2) is 6.17 Å². The molecule has 0 aromatic carbocycles. The number of hydrogen-bond donors (Lipinski definition) is 3. The topological polar surface area (TPSA) is 73.5 Å². The number of piperazine rings is 1. The molecule has 128 valence electrons. The Kier molecular flexibility index (Phi) is 3.82. The van der Waals surface area contributed by atoms with Crippen molar-refractivity contribution in [2.75, 3.05) is 6.54 Å². The number of nitrogens with one attached hydrogen (secondary N) is 3. The van der Waals surface area contributed by atoms with Crippen molar-refractivity contribution in [1.82, 2.24) is 21.1 Å². The Labute approximate surface area is 141 Å². The minimum absolute atomic E-state index is 0.0298. The number of alkyl halides is 1. The number of hydrazine groups is 1. The summed E-state index contributed by atoms with van der Waals surface area (Å²) in [5.41, 5.74) is 5.18. The maximum atomic E-state index is 12.7. The molecule has 6 nitrogen and oxygen atoms in total. The molecule has 3 atom stereocenters. The number of hydrogen-bond acceptors (Lipinski definition) is 4. The molecule has 3 aliphatic carbocycles. The Bertz CT molecular complexity index is 516. The summed E-state index contributed by atoms with van der Waals surface area (Å²) in [5.74, 6) is 1.17. The Hall–Kier alpha value is -0.850. The maximum Gasteiger partial charge on any atom is 0.256 e. The van der Waals surface area contributed by atoms with Crippen molar-refractivity contribution in [2.45, 2.75) is 63.2 Å². The van der Waals surface area contributed by atoms with Crippen LogP contribution in [0.1, 0.15) is 45.4 Å². The lowest BCUT2D eigenvalue weighted by Crippen LogP contribution is -2.69. The fraction of sp³-hybridized carbons (Fsp3) is 0.875. The van der Waals surface area contributed by atoms with Crippen molar-refractivity contribution >= 4 is 23.4 Å². The molecule has 3 saturated carbocycles. The average Bonchev–Trinajstić information content (AvgIpc) is 3.39. The third-order valence-electron chi connectivity index (χ3n) is 5.85. The van der Waals surface area contributed by atoms with E-state index in [0.29, 0.717) is 11.8 Å². The number of carbonyl (C=O) groups excluding carboxylic acids is 2. The molecule has 0 radical (unpaired) electrons. The molecule has 0 spiro atoms. The number of halogens is 1. The second kappa shape index (κ2) is 5.60. The van der Waals surface area contributed by atoms with E-state index in [1.54, 1.807) is 0 Å². The summed E-state index contributed by atoms with van der Waals surface area (Å²) >= 11 is 6.35. The van der Waals surface area contributed by atoms with Gasteiger partial charge in [0.2, 0.25) is 5.91 Å². The molecule has 1 aliphatic heterocycles. The Balaban J connectivity index is 1.35. The normalized spacial score (nSPS) is 36.0. The van der Waals surface area contributed by atoms with Gasteiger partial charge in [-0.3, -0.25) is 20.3 Å². The Morgan fingerprint density at radius 1 is 1.35 bits per heavy atom. The molecule has 4 aliphatic rings. The maximum absolute atomic E-state index is 12.7. The molecular formula is C16H25ClN4O2. The van der Waals surface area contributed by atoms with Gasteiger partial charge < -0.3 is 4.90 Å². The van der Waals surface area contributed by atoms with Gasteiger partial charge in [-0.1, -0.05) is 0 Å². The van der Waals surface area contributed by atoms with E-state index in [1.807, 2.05) is 11.8 Å². The molecule has 0 aromatic heterocycles. The van der Waals surface area contributed by atoms with Crippen LogP contribution in [0, 0.1) is 17.3 Å². The quantitative estimate of drug-likeness (QED) is 0.382. The molecular weight excluding hydrogens is 316 g/mol. The minimum Gasteiger partial charge on any atom is -0.334 e. The van der Waals surface area contributed by atoms with Crippen LogP contribution in [0.2, 0.25) is 0 Å². The van der Waals surface area contributed by atoms with Crippen molar-refractivity contribution < 1.29 is 9.59 Å². The van der Waals surface area contributed by atoms with E-state index >= 15 is 0 Å². The monoisotopic (exact) mass is 340 g/mol. The first kappa shape index (κ1) is 15.7. The zero-order valence-corrected chi connectivity index (χ0v) is 14.2. The highest BCUT2D eigenvalue weighted by molar-refractivity contribution is 6.21. The molecule has 23 heavy (non-hydrogen) atoms. The number of rotatable bonds is 6. The highest BCUT2D eigenvalue weighted by Crippen LogP contribution is 2.61. The minimum atomic E-state index is -0.647. The lowest BCUT2D eigenvalue weighted by Gasteiger charge is -2.41. The first-order valence-corrected chi connectivity index (χ1v) is 9.21. The van der Waals surface area contributed by atoms with Crippen LogP contribution >= 0.6 is 11.6 Å². The SMILES string of the molecule is CC1C(Cl)NC(NNC(=O)C2(C3CC3)CC2)C(=O)N1CC1CC1. The summed E-state index contributed by atoms with van der Waals surface area (Å²) in [6.45, 7) is 2.73. The molecule has 3 unspecified atom stereocenters. The highest BCUT2D eigenvalue weighted by atomic mass is 35.5. The molecule has 7 heteroatoms. The van der Waals surface area contributed by atoms with Crippen LogP contribution in [0.3, 0.4) is 0 Å². The molecule has 2 amide bonds. The first-order chi connectivity index (χ1) is 11.0. The van der Waals surface area contributed by atoms with Crippen molar-refractivity contribution in [2.24, 2.45) is 17.3 Å². The van der Waals surface area contributed by atoms with Crippen LogP contribution in [0.4, 0.5) is 0 Å². The third-order valence-corrected chi connectivity index (χ3v) is 6.34. The number of amides is 2. The smallest absolute Gasteiger partial charge is 0.256 e. The van der Waals surface area contributed by atoms with Crippen LogP contribution < -0.4 is 16.2 Å². The summed E-state index contributed by atoms with van der Waals surface area (Å²) in [6, 6.07) is -0.0419. The van der Waals surface area contributed by atoms with E-state index in [0.717, 1.165) is 32.2 Å². The first-order valence-electron chi connectivity index (χ1n) is 8.78. The second-order valence-corrected chi connectivity index (χ2v) is 8.18.